The van der Waals surface area contributed by atoms with Crippen molar-refractivity contribution < 1.29 is 13.2 Å². The number of guanidine groups is 2. The van der Waals surface area contributed by atoms with E-state index in [0.29, 0.717) is 17.8 Å². The molecule has 5 unspecified atom stereocenters. The molecular weight excluding hydrogens is 345 g/mol. The number of aliphatic imine (C=N–C) groups is 2. The number of halogens is 3. The van der Waals surface area contributed by atoms with Crippen molar-refractivity contribution >= 4 is 11.9 Å². The maximum absolute atomic E-state index is 13.2. The number of hydrogen-bond donors (Lipinski definition) is 3. The van der Waals surface area contributed by atoms with Crippen molar-refractivity contribution in [3.8, 4) is 0 Å². The predicted molar refractivity (Wildman–Crippen MR) is 91.1 cm³/mol. The van der Waals surface area contributed by atoms with Gasteiger partial charge in [0.05, 0.1) is 11.7 Å². The fourth-order valence-electron chi connectivity index (χ4n) is 3.49. The quantitative estimate of drug-likeness (QED) is 0.765. The molecule has 2 heterocycles. The zero-order chi connectivity index (χ0) is 18.7. The van der Waals surface area contributed by atoms with E-state index in [2.05, 4.69) is 32.5 Å². The summed E-state index contributed by atoms with van der Waals surface area (Å²) in [5, 5.41) is 6.11. The predicted octanol–water partition coefficient (Wildman–Crippen LogP) is 2.18. The Hall–Kier alpha value is -2.32. The van der Waals surface area contributed by atoms with Gasteiger partial charge in [-0.3, -0.25) is 5.32 Å². The number of aromatic nitrogens is 1. The Morgan fingerprint density at radius 2 is 1.92 bits per heavy atom. The fraction of sp³-hybridized carbons (Fsp3) is 0.588. The van der Waals surface area contributed by atoms with Gasteiger partial charge in [-0.15, -0.1) is 0 Å². The van der Waals surface area contributed by atoms with Crippen molar-refractivity contribution in [3.63, 3.8) is 0 Å². The number of nitrogens with one attached hydrogen (secondary N) is 2. The largest absolute Gasteiger partial charge is 0.433 e. The lowest BCUT2D eigenvalue weighted by Gasteiger charge is -2.36. The molecule has 0 aromatic carbocycles. The Labute approximate surface area is 149 Å². The lowest BCUT2D eigenvalue weighted by molar-refractivity contribution is -0.141. The van der Waals surface area contributed by atoms with E-state index in [4.69, 9.17) is 5.73 Å². The zero-order valence-electron chi connectivity index (χ0n) is 14.5. The number of rotatable bonds is 3. The van der Waals surface area contributed by atoms with Gasteiger partial charge in [0.2, 0.25) is 5.96 Å². The van der Waals surface area contributed by atoms with Gasteiger partial charge in [-0.05, 0) is 36.8 Å². The molecule has 140 valence electrons. The van der Waals surface area contributed by atoms with Crippen LogP contribution < -0.4 is 16.4 Å². The molecule has 0 radical (unpaired) electrons. The minimum Gasteiger partial charge on any atom is -0.370 e. The van der Waals surface area contributed by atoms with E-state index in [9.17, 15) is 13.2 Å². The molecule has 0 spiro atoms. The van der Waals surface area contributed by atoms with Crippen LogP contribution in [0.3, 0.4) is 0 Å². The third-order valence-corrected chi connectivity index (χ3v) is 5.29. The SMILES string of the molecule is CC1CC1N=C1NC(N)=NC(c2cccc(C(F)(F)F)n2)(C2CC2C)N1. The van der Waals surface area contributed by atoms with E-state index in [1.807, 2.05) is 6.92 Å². The van der Waals surface area contributed by atoms with Gasteiger partial charge in [0.15, 0.2) is 11.6 Å². The second kappa shape index (κ2) is 5.59. The van der Waals surface area contributed by atoms with Crippen LogP contribution in [0.15, 0.2) is 28.2 Å². The molecule has 0 bridgehead atoms. The molecule has 6 nitrogen and oxygen atoms in total. The van der Waals surface area contributed by atoms with Gasteiger partial charge >= 0.3 is 6.18 Å². The van der Waals surface area contributed by atoms with Crippen LogP contribution >= 0.6 is 0 Å². The molecule has 4 rings (SSSR count). The van der Waals surface area contributed by atoms with Gasteiger partial charge in [0.25, 0.3) is 0 Å². The van der Waals surface area contributed by atoms with E-state index in [1.54, 1.807) is 6.07 Å². The third kappa shape index (κ3) is 2.99. The average Bonchev–Trinajstić information content (AvgIpc) is 3.46. The van der Waals surface area contributed by atoms with Crippen LogP contribution in [0.1, 0.15) is 38.1 Å². The van der Waals surface area contributed by atoms with E-state index < -0.39 is 17.5 Å². The summed E-state index contributed by atoms with van der Waals surface area (Å²) in [5.74, 6) is 1.38. The highest BCUT2D eigenvalue weighted by molar-refractivity contribution is 6.00. The van der Waals surface area contributed by atoms with Crippen molar-refractivity contribution in [2.45, 2.75) is 44.6 Å². The first-order valence-corrected chi connectivity index (χ1v) is 8.72. The number of hydrogen-bond acceptors (Lipinski definition) is 4. The summed E-state index contributed by atoms with van der Waals surface area (Å²) in [6.45, 7) is 4.13. The van der Waals surface area contributed by atoms with Crippen molar-refractivity contribution in [2.24, 2.45) is 33.5 Å². The Balaban J connectivity index is 1.77. The Bertz CT molecular complexity index is 789. The first-order chi connectivity index (χ1) is 12.2. The van der Waals surface area contributed by atoms with E-state index in [1.165, 1.54) is 6.07 Å². The van der Waals surface area contributed by atoms with Gasteiger partial charge in [-0.2, -0.15) is 13.2 Å². The summed E-state index contributed by atoms with van der Waals surface area (Å²) < 4.78 is 39.5. The van der Waals surface area contributed by atoms with Gasteiger partial charge < -0.3 is 11.1 Å². The van der Waals surface area contributed by atoms with Gasteiger partial charge in [-0.1, -0.05) is 19.9 Å². The highest BCUT2D eigenvalue weighted by atomic mass is 19.4. The number of pyridine rings is 1. The maximum atomic E-state index is 13.2. The molecule has 0 saturated heterocycles. The molecule has 5 atom stereocenters. The van der Waals surface area contributed by atoms with E-state index in [-0.39, 0.29) is 23.6 Å². The third-order valence-electron chi connectivity index (χ3n) is 5.29. The lowest BCUT2D eigenvalue weighted by Crippen LogP contribution is -2.60. The summed E-state index contributed by atoms with van der Waals surface area (Å²) in [4.78, 5) is 12.9. The van der Waals surface area contributed by atoms with E-state index >= 15 is 0 Å². The van der Waals surface area contributed by atoms with Crippen molar-refractivity contribution in [2.75, 3.05) is 0 Å². The molecule has 2 fully saturated rings. The van der Waals surface area contributed by atoms with Crippen LogP contribution in [0.2, 0.25) is 0 Å². The summed E-state index contributed by atoms with van der Waals surface area (Å²) in [6.07, 6.45) is -2.71. The molecular formula is C17H21F3N6. The number of nitrogens with zero attached hydrogens (tertiary/aromatic N) is 3. The van der Waals surface area contributed by atoms with Crippen LogP contribution in [0.25, 0.3) is 0 Å². The van der Waals surface area contributed by atoms with Gasteiger partial charge in [0, 0.05) is 5.92 Å². The molecule has 1 aliphatic heterocycles. The fourth-order valence-corrected chi connectivity index (χ4v) is 3.49. The molecule has 4 N–H and O–H groups in total. The molecule has 3 aliphatic rings. The van der Waals surface area contributed by atoms with Gasteiger partial charge in [-0.25, -0.2) is 15.0 Å². The highest BCUT2D eigenvalue weighted by Crippen LogP contribution is 2.52. The minimum atomic E-state index is -4.52. The second-order valence-electron chi connectivity index (χ2n) is 7.50. The summed E-state index contributed by atoms with van der Waals surface area (Å²) >= 11 is 0. The molecule has 2 saturated carbocycles. The van der Waals surface area contributed by atoms with Crippen LogP contribution in [0.4, 0.5) is 13.2 Å². The maximum Gasteiger partial charge on any atom is 0.433 e. The second-order valence-corrected chi connectivity index (χ2v) is 7.50. The standard InChI is InChI=1S/C17H21F3N6/c1-8-6-10(8)16(12-4-3-5-13(23-12)17(18,19)20)25-14(21)24-15(26-16)22-11-7-9(11)2/h3-5,8-11H,6-7H2,1-2H3,(H4,21,22,24,25,26). The lowest BCUT2D eigenvalue weighted by atomic mass is 9.97. The number of alkyl halides is 3. The normalized spacial score (nSPS) is 37.6. The Morgan fingerprint density at radius 1 is 1.23 bits per heavy atom. The minimum absolute atomic E-state index is 0.000889. The topological polar surface area (TPSA) is 87.7 Å². The summed E-state index contributed by atoms with van der Waals surface area (Å²) in [6, 6.07) is 4.07. The monoisotopic (exact) mass is 366 g/mol. The van der Waals surface area contributed by atoms with Crippen LogP contribution in [-0.4, -0.2) is 22.9 Å². The molecule has 9 heteroatoms. The highest BCUT2D eigenvalue weighted by Gasteiger charge is 2.55. The smallest absolute Gasteiger partial charge is 0.370 e. The molecule has 1 aromatic rings. The van der Waals surface area contributed by atoms with Gasteiger partial charge in [0.1, 0.15) is 5.69 Å². The van der Waals surface area contributed by atoms with Crippen molar-refractivity contribution in [1.29, 1.82) is 0 Å². The average molecular weight is 366 g/mol. The first kappa shape index (κ1) is 17.1. The molecule has 2 aliphatic carbocycles. The van der Waals surface area contributed by atoms with Crippen LogP contribution in [0.5, 0.6) is 0 Å². The summed E-state index contributed by atoms with van der Waals surface area (Å²) in [7, 11) is 0. The zero-order valence-corrected chi connectivity index (χ0v) is 14.5. The number of nitrogens with two attached hydrogens (primary N) is 1. The van der Waals surface area contributed by atoms with Crippen molar-refractivity contribution in [1.82, 2.24) is 15.6 Å². The van der Waals surface area contributed by atoms with E-state index in [0.717, 1.165) is 18.9 Å². The Kier molecular flexibility index (Phi) is 3.68. The Morgan fingerprint density at radius 3 is 2.50 bits per heavy atom. The van der Waals surface area contributed by atoms with Crippen molar-refractivity contribution in [3.05, 3.63) is 29.6 Å². The molecule has 0 amide bonds. The van der Waals surface area contributed by atoms with Crippen LogP contribution in [0, 0.1) is 17.8 Å². The summed E-state index contributed by atoms with van der Waals surface area (Å²) in [5.41, 5.74) is 4.11. The molecule has 26 heavy (non-hydrogen) atoms. The molecule has 1 aromatic heterocycles. The first-order valence-electron chi connectivity index (χ1n) is 8.72. The van der Waals surface area contributed by atoms with Crippen LogP contribution in [-0.2, 0) is 11.8 Å².